The van der Waals surface area contributed by atoms with Crippen molar-refractivity contribution in [1.29, 1.82) is 0 Å². The number of hydrogen-bond acceptors (Lipinski definition) is 4. The summed E-state index contributed by atoms with van der Waals surface area (Å²) in [5.74, 6) is 0.450. The lowest BCUT2D eigenvalue weighted by Crippen LogP contribution is -2.72. The van der Waals surface area contributed by atoms with E-state index in [1.807, 2.05) is 0 Å². The van der Waals surface area contributed by atoms with Crippen molar-refractivity contribution in [3.8, 4) is 0 Å². The van der Waals surface area contributed by atoms with Gasteiger partial charge in [0.15, 0.2) is 0 Å². The molecule has 15 heavy (non-hydrogen) atoms. The van der Waals surface area contributed by atoms with Crippen LogP contribution < -0.4 is 0 Å². The summed E-state index contributed by atoms with van der Waals surface area (Å²) in [6.45, 7) is 0. The quantitative estimate of drug-likeness (QED) is 0.486. The number of methoxy groups -OCH3 is 1. The molecule has 0 radical (unpaired) electrons. The second-order valence-electron chi connectivity index (χ2n) is 5.30. The number of carbonyl (C=O) groups is 1. The molecule has 0 bridgehead atoms. The first-order valence-corrected chi connectivity index (χ1v) is 5.64. The van der Waals surface area contributed by atoms with E-state index in [9.17, 15) is 9.90 Å². The van der Waals surface area contributed by atoms with Crippen molar-refractivity contribution < 1.29 is 19.4 Å². The molecule has 3 aliphatic carbocycles. The third kappa shape index (κ3) is 0.633. The van der Waals surface area contributed by atoms with Crippen molar-refractivity contribution in [2.24, 2.45) is 23.2 Å². The van der Waals surface area contributed by atoms with Crippen LogP contribution in [0.3, 0.4) is 0 Å². The van der Waals surface area contributed by atoms with Crippen LogP contribution in [-0.2, 0) is 14.3 Å². The molecule has 1 aliphatic heterocycles. The van der Waals surface area contributed by atoms with Crippen molar-refractivity contribution >= 4 is 5.97 Å². The fraction of sp³-hybridized carbons (Fsp3) is 0.909. The number of fused-ring (bicyclic) bond motifs is 2. The van der Waals surface area contributed by atoms with E-state index in [4.69, 9.17) is 9.47 Å². The molecular weight excluding hydrogens is 196 g/mol. The number of ether oxygens (including phenoxy) is 2. The summed E-state index contributed by atoms with van der Waals surface area (Å²) in [7, 11) is 1.44. The van der Waals surface area contributed by atoms with Gasteiger partial charge in [-0.1, -0.05) is 0 Å². The molecule has 82 valence electrons. The summed E-state index contributed by atoms with van der Waals surface area (Å²) in [6, 6.07) is 0. The SMILES string of the molecule is COC(=O)[C@@H]1[C@@H]2[C@H]3O[C@H]3C23[C@H](O)CC[C@@H]13. The van der Waals surface area contributed by atoms with Crippen molar-refractivity contribution in [1.82, 2.24) is 0 Å². The van der Waals surface area contributed by atoms with Crippen LogP contribution >= 0.6 is 0 Å². The maximum Gasteiger partial charge on any atom is 0.309 e. The molecule has 4 rings (SSSR count). The third-order valence-electron chi connectivity index (χ3n) is 5.21. The predicted octanol–water partition coefficient (Wildman–Crippen LogP) is -0.0563. The molecule has 1 saturated heterocycles. The predicted molar refractivity (Wildman–Crippen MR) is 48.8 cm³/mol. The second-order valence-corrected chi connectivity index (χ2v) is 5.30. The van der Waals surface area contributed by atoms with Crippen LogP contribution in [0.2, 0.25) is 0 Å². The van der Waals surface area contributed by atoms with Gasteiger partial charge in [0.2, 0.25) is 0 Å². The standard InChI is InChI=1S/C11H14O4/c1-14-10(13)6-4-2-3-5(12)11(4)7(6)8-9(11)15-8/h4-9,12H,2-3H2,1H3/t4-,5+,6-,7+,8+,9+,11?/m0/s1. The summed E-state index contributed by atoms with van der Waals surface area (Å²) in [5.41, 5.74) is -0.0521. The molecule has 4 nitrogen and oxygen atoms in total. The Labute approximate surface area is 87.5 Å². The second kappa shape index (κ2) is 2.23. The van der Waals surface area contributed by atoms with Crippen LogP contribution in [0, 0.1) is 23.2 Å². The largest absolute Gasteiger partial charge is 0.469 e. The first-order chi connectivity index (χ1) is 7.22. The zero-order valence-corrected chi connectivity index (χ0v) is 8.55. The van der Waals surface area contributed by atoms with Crippen LogP contribution in [0.15, 0.2) is 0 Å². The Hall–Kier alpha value is -0.610. The molecule has 1 unspecified atom stereocenters. The van der Waals surface area contributed by atoms with Gasteiger partial charge in [0.25, 0.3) is 0 Å². The smallest absolute Gasteiger partial charge is 0.309 e. The van der Waals surface area contributed by atoms with E-state index >= 15 is 0 Å². The maximum absolute atomic E-state index is 11.6. The van der Waals surface area contributed by atoms with Crippen molar-refractivity contribution in [3.05, 3.63) is 0 Å². The zero-order chi connectivity index (χ0) is 10.4. The van der Waals surface area contributed by atoms with Crippen LogP contribution in [0.1, 0.15) is 12.8 Å². The van der Waals surface area contributed by atoms with Crippen molar-refractivity contribution in [3.63, 3.8) is 0 Å². The fourth-order valence-corrected chi connectivity index (χ4v) is 4.69. The lowest BCUT2D eigenvalue weighted by Gasteiger charge is -2.62. The van der Waals surface area contributed by atoms with Crippen LogP contribution in [0.4, 0.5) is 0 Å². The van der Waals surface area contributed by atoms with E-state index < -0.39 is 0 Å². The van der Waals surface area contributed by atoms with Gasteiger partial charge in [0.05, 0.1) is 31.3 Å². The molecule has 1 spiro atoms. The van der Waals surface area contributed by atoms with E-state index in [2.05, 4.69) is 0 Å². The van der Waals surface area contributed by atoms with Gasteiger partial charge in [0, 0.05) is 11.3 Å². The Balaban J connectivity index is 1.70. The maximum atomic E-state index is 11.6. The minimum absolute atomic E-state index is 0.00380. The van der Waals surface area contributed by atoms with Gasteiger partial charge in [-0.3, -0.25) is 4.79 Å². The molecule has 4 aliphatic rings. The van der Waals surface area contributed by atoms with Gasteiger partial charge in [0.1, 0.15) is 0 Å². The summed E-state index contributed by atoms with van der Waals surface area (Å²) < 4.78 is 10.4. The van der Waals surface area contributed by atoms with Gasteiger partial charge in [-0.25, -0.2) is 0 Å². The molecule has 0 amide bonds. The molecule has 1 heterocycles. The van der Waals surface area contributed by atoms with Crippen LogP contribution in [-0.4, -0.2) is 36.5 Å². The summed E-state index contributed by atoms with van der Waals surface area (Å²) >= 11 is 0. The van der Waals surface area contributed by atoms with Crippen molar-refractivity contribution in [2.45, 2.75) is 31.2 Å². The normalized spacial score (nSPS) is 63.1. The minimum atomic E-state index is -0.253. The monoisotopic (exact) mass is 210 g/mol. The highest BCUT2D eigenvalue weighted by Gasteiger charge is 2.89. The van der Waals surface area contributed by atoms with Gasteiger partial charge in [-0.2, -0.15) is 0 Å². The first-order valence-electron chi connectivity index (χ1n) is 5.64. The Bertz CT molecular complexity index is 346. The minimum Gasteiger partial charge on any atom is -0.469 e. The number of aliphatic hydroxyl groups excluding tert-OH is 1. The Morgan fingerprint density at radius 2 is 2.33 bits per heavy atom. The number of carbonyl (C=O) groups excluding carboxylic acids is 1. The van der Waals surface area contributed by atoms with Gasteiger partial charge in [-0.15, -0.1) is 0 Å². The molecule has 0 aromatic rings. The van der Waals surface area contributed by atoms with E-state index in [-0.39, 0.29) is 41.5 Å². The fourth-order valence-electron chi connectivity index (χ4n) is 4.69. The molecule has 4 heteroatoms. The molecule has 4 fully saturated rings. The topological polar surface area (TPSA) is 59.1 Å². The number of aliphatic hydroxyl groups is 1. The molecule has 0 aromatic heterocycles. The van der Waals surface area contributed by atoms with Gasteiger partial charge in [-0.05, 0) is 18.8 Å². The van der Waals surface area contributed by atoms with E-state index in [0.717, 1.165) is 12.8 Å². The lowest BCUT2D eigenvalue weighted by molar-refractivity contribution is -0.212. The molecule has 1 N–H and O–H groups in total. The molecule has 3 saturated carbocycles. The van der Waals surface area contributed by atoms with E-state index in [1.165, 1.54) is 7.11 Å². The highest BCUT2D eigenvalue weighted by Crippen LogP contribution is 2.80. The average molecular weight is 210 g/mol. The Kier molecular flexibility index (Phi) is 1.27. The highest BCUT2D eigenvalue weighted by molar-refractivity contribution is 5.76. The molecule has 0 aromatic carbocycles. The third-order valence-corrected chi connectivity index (χ3v) is 5.21. The number of rotatable bonds is 1. The summed E-state index contributed by atoms with van der Waals surface area (Å²) in [6.07, 6.45) is 2.02. The number of esters is 1. The molecule has 7 atom stereocenters. The van der Waals surface area contributed by atoms with Crippen LogP contribution in [0.5, 0.6) is 0 Å². The summed E-state index contributed by atoms with van der Waals surface area (Å²) in [4.78, 5) is 11.6. The van der Waals surface area contributed by atoms with E-state index in [0.29, 0.717) is 5.92 Å². The van der Waals surface area contributed by atoms with Crippen molar-refractivity contribution in [2.75, 3.05) is 7.11 Å². The number of hydrogen-bond donors (Lipinski definition) is 1. The van der Waals surface area contributed by atoms with Crippen LogP contribution in [0.25, 0.3) is 0 Å². The highest BCUT2D eigenvalue weighted by atomic mass is 16.6. The Morgan fingerprint density at radius 3 is 3.07 bits per heavy atom. The number of epoxide rings is 1. The van der Waals surface area contributed by atoms with Gasteiger partial charge >= 0.3 is 5.97 Å². The zero-order valence-electron chi connectivity index (χ0n) is 8.55. The molecular formula is C11H14O4. The average Bonchev–Trinajstić information content (AvgIpc) is 2.83. The Morgan fingerprint density at radius 1 is 1.53 bits per heavy atom. The summed E-state index contributed by atoms with van der Waals surface area (Å²) in [5, 5.41) is 10.0. The van der Waals surface area contributed by atoms with E-state index in [1.54, 1.807) is 0 Å². The first kappa shape index (κ1) is 8.53. The van der Waals surface area contributed by atoms with Gasteiger partial charge < -0.3 is 14.6 Å². The lowest BCUT2D eigenvalue weighted by atomic mass is 9.38.